The zero-order valence-corrected chi connectivity index (χ0v) is 33.4. The number of esters is 1. The van der Waals surface area contributed by atoms with Gasteiger partial charge in [-0.1, -0.05) is 40.7 Å². The average molecular weight is 785 g/mol. The Bertz CT molecular complexity index is 1960. The van der Waals surface area contributed by atoms with Crippen LogP contribution < -0.4 is 24.8 Å². The number of rotatable bonds is 14. The molecule has 2 aliphatic carbocycles. The lowest BCUT2D eigenvalue weighted by molar-refractivity contribution is -0.147. The highest BCUT2D eigenvalue weighted by atomic mass is 32.2. The minimum absolute atomic E-state index is 0.0227. The second kappa shape index (κ2) is 15.7. The zero-order chi connectivity index (χ0) is 40.6. The molecule has 0 radical (unpaired) electrons. The van der Waals surface area contributed by atoms with Crippen LogP contribution in [0, 0.1) is 17.3 Å². The van der Waals surface area contributed by atoms with Gasteiger partial charge in [0.2, 0.25) is 27.7 Å². The zero-order valence-electron chi connectivity index (χ0n) is 32.6. The number of hydrogen-bond donors (Lipinski definition) is 3. The number of methoxy groups -OCH3 is 2. The Morgan fingerprint density at radius 1 is 1.11 bits per heavy atom. The van der Waals surface area contributed by atoms with Gasteiger partial charge < -0.3 is 34.6 Å². The van der Waals surface area contributed by atoms with E-state index in [0.717, 1.165) is 5.39 Å². The molecule has 2 aromatic rings. The number of nitrogens with one attached hydrogen (secondary N) is 3. The summed E-state index contributed by atoms with van der Waals surface area (Å²) in [5, 5.41) is 6.35. The molecule has 16 nitrogen and oxygen atoms in total. The summed E-state index contributed by atoms with van der Waals surface area (Å²) in [4.78, 5) is 75.8. The number of carbonyl (C=O) groups excluding carboxylic acids is 5. The molecular formula is C38H52N6O10S. The Morgan fingerprint density at radius 2 is 1.80 bits per heavy atom. The number of nitrogens with zero attached hydrogens (tertiary/aromatic N) is 3. The standard InChI is InChI=1S/C38H52N6O10S/c1-10-23-19-38(23,35(48)42-55(50,51)26-12-13-26)41-31(45)28-18-25(54-32-27-14-11-24(52-8)17-22(27)15-16-39-32)20-44(28)33(46)30(37(4,5)6)40-36(49)43(7)29(21(2)3)34(47)53-9/h10-11,14-17,21,23,25-26,28-30H,1,12-13,18-20H2,2-9H3,(H,40,49)(H,41,45)(H,42,48)/t23-,25+,28+,29+,30+,38-/m0/s1. The summed E-state index contributed by atoms with van der Waals surface area (Å²) in [6, 6.07) is 3.10. The molecule has 1 aliphatic heterocycles. The predicted molar refractivity (Wildman–Crippen MR) is 202 cm³/mol. The molecule has 2 heterocycles. The lowest BCUT2D eigenvalue weighted by atomic mass is 9.85. The van der Waals surface area contributed by atoms with Crippen molar-refractivity contribution < 1.29 is 46.6 Å². The third-order valence-corrected chi connectivity index (χ3v) is 12.3. The van der Waals surface area contributed by atoms with Crippen LogP contribution in [-0.4, -0.2) is 116 Å². The van der Waals surface area contributed by atoms with E-state index in [4.69, 9.17) is 14.2 Å². The summed E-state index contributed by atoms with van der Waals surface area (Å²) in [7, 11) is 0.289. The molecule has 1 aromatic carbocycles. The predicted octanol–water partition coefficient (Wildman–Crippen LogP) is 2.51. The molecule has 1 aromatic heterocycles. The minimum Gasteiger partial charge on any atom is -0.497 e. The van der Waals surface area contributed by atoms with E-state index in [1.807, 2.05) is 6.07 Å². The highest BCUT2D eigenvalue weighted by Crippen LogP contribution is 2.45. The van der Waals surface area contributed by atoms with Crippen LogP contribution in [0.5, 0.6) is 11.6 Å². The number of ether oxygens (including phenoxy) is 3. The van der Waals surface area contributed by atoms with E-state index in [1.54, 1.807) is 66.1 Å². The monoisotopic (exact) mass is 784 g/mol. The molecule has 2 saturated carbocycles. The molecule has 5 rings (SSSR count). The number of urea groups is 1. The molecule has 3 N–H and O–H groups in total. The van der Waals surface area contributed by atoms with Gasteiger partial charge in [0.25, 0.3) is 5.91 Å². The van der Waals surface area contributed by atoms with Gasteiger partial charge in [-0.05, 0) is 60.2 Å². The lowest BCUT2D eigenvalue weighted by Gasteiger charge is -2.37. The van der Waals surface area contributed by atoms with E-state index in [1.165, 1.54) is 30.0 Å². The Balaban J connectivity index is 1.46. The van der Waals surface area contributed by atoms with Crippen LogP contribution in [0.1, 0.15) is 60.3 Å². The number of amides is 5. The molecule has 0 bridgehead atoms. The van der Waals surface area contributed by atoms with Crippen molar-refractivity contribution in [2.24, 2.45) is 17.3 Å². The number of carbonyl (C=O) groups is 5. The number of aromatic nitrogens is 1. The van der Waals surface area contributed by atoms with Crippen molar-refractivity contribution in [3.63, 3.8) is 0 Å². The second-order valence-electron chi connectivity index (χ2n) is 15.9. The third-order valence-electron chi connectivity index (χ3n) is 10.5. The average Bonchev–Trinajstić information content (AvgIpc) is 4.06. The fourth-order valence-corrected chi connectivity index (χ4v) is 8.43. The van der Waals surface area contributed by atoms with Crippen molar-refractivity contribution in [1.29, 1.82) is 0 Å². The van der Waals surface area contributed by atoms with Crippen molar-refractivity contribution in [1.82, 2.24) is 30.1 Å². The highest BCUT2D eigenvalue weighted by molar-refractivity contribution is 7.91. The van der Waals surface area contributed by atoms with Crippen molar-refractivity contribution in [2.75, 3.05) is 27.8 Å². The Labute approximate surface area is 321 Å². The van der Waals surface area contributed by atoms with Gasteiger partial charge >= 0.3 is 12.0 Å². The van der Waals surface area contributed by atoms with Crippen molar-refractivity contribution in [3.8, 4) is 11.6 Å². The van der Waals surface area contributed by atoms with Crippen LogP contribution in [0.25, 0.3) is 10.8 Å². The summed E-state index contributed by atoms with van der Waals surface area (Å²) in [5.41, 5.74) is -2.49. The summed E-state index contributed by atoms with van der Waals surface area (Å²) >= 11 is 0. The first-order valence-electron chi connectivity index (χ1n) is 18.3. The summed E-state index contributed by atoms with van der Waals surface area (Å²) in [6.45, 7) is 12.4. The number of likely N-dealkylation sites (tertiary alicyclic amines) is 1. The molecule has 55 heavy (non-hydrogen) atoms. The molecule has 3 fully saturated rings. The normalized spacial score (nSPS) is 23.3. The Kier molecular flexibility index (Phi) is 11.7. The Morgan fingerprint density at radius 3 is 2.36 bits per heavy atom. The maximum Gasteiger partial charge on any atom is 0.328 e. The van der Waals surface area contributed by atoms with Crippen molar-refractivity contribution >= 4 is 50.5 Å². The largest absolute Gasteiger partial charge is 0.497 e. The van der Waals surface area contributed by atoms with E-state index in [2.05, 4.69) is 26.9 Å². The van der Waals surface area contributed by atoms with Crippen LogP contribution in [0.4, 0.5) is 4.79 Å². The number of benzene rings is 1. The van der Waals surface area contributed by atoms with Gasteiger partial charge in [-0.2, -0.15) is 0 Å². The number of sulfonamides is 1. The van der Waals surface area contributed by atoms with Crippen LogP contribution in [0.3, 0.4) is 0 Å². The first kappa shape index (κ1) is 41.2. The molecule has 1 saturated heterocycles. The first-order valence-corrected chi connectivity index (χ1v) is 19.8. The third kappa shape index (κ3) is 8.66. The smallest absolute Gasteiger partial charge is 0.328 e. The van der Waals surface area contributed by atoms with Crippen LogP contribution in [-0.2, 0) is 33.9 Å². The summed E-state index contributed by atoms with van der Waals surface area (Å²) in [6.07, 6.45) is 3.25. The fourth-order valence-electron chi connectivity index (χ4n) is 7.07. The molecular weight excluding hydrogens is 733 g/mol. The minimum atomic E-state index is -3.93. The lowest BCUT2D eigenvalue weighted by Crippen LogP contribution is -2.62. The fraction of sp³-hybridized carbons (Fsp3) is 0.579. The van der Waals surface area contributed by atoms with Crippen LogP contribution in [0.15, 0.2) is 43.1 Å². The van der Waals surface area contributed by atoms with Gasteiger partial charge in [0.1, 0.15) is 35.5 Å². The van der Waals surface area contributed by atoms with Crippen LogP contribution in [0.2, 0.25) is 0 Å². The van der Waals surface area contributed by atoms with Gasteiger partial charge in [-0.3, -0.25) is 19.1 Å². The van der Waals surface area contributed by atoms with Crippen LogP contribution >= 0.6 is 0 Å². The molecule has 3 aliphatic rings. The van der Waals surface area contributed by atoms with Gasteiger partial charge in [-0.25, -0.2) is 23.0 Å². The molecule has 0 unspecified atom stereocenters. The van der Waals surface area contributed by atoms with Crippen molar-refractivity contribution in [3.05, 3.63) is 43.1 Å². The maximum atomic E-state index is 14.7. The number of hydrogen-bond acceptors (Lipinski definition) is 11. The molecule has 17 heteroatoms. The van der Waals surface area contributed by atoms with Gasteiger partial charge in [0.15, 0.2) is 0 Å². The summed E-state index contributed by atoms with van der Waals surface area (Å²) in [5.74, 6) is -2.78. The number of pyridine rings is 1. The summed E-state index contributed by atoms with van der Waals surface area (Å²) < 4.78 is 44.3. The molecule has 6 atom stereocenters. The quantitative estimate of drug-likeness (QED) is 0.188. The van der Waals surface area contributed by atoms with Gasteiger partial charge in [0.05, 0.1) is 26.0 Å². The number of likely N-dealkylation sites (N-methyl/N-ethyl adjacent to an activating group) is 1. The number of fused-ring (bicyclic) bond motifs is 1. The molecule has 0 spiro atoms. The Hall–Kier alpha value is -4.93. The molecule has 300 valence electrons. The van der Waals surface area contributed by atoms with E-state index >= 15 is 0 Å². The first-order chi connectivity index (χ1) is 25.8. The van der Waals surface area contributed by atoms with Gasteiger partial charge in [0, 0.05) is 31.0 Å². The maximum absolute atomic E-state index is 14.7. The van der Waals surface area contributed by atoms with E-state index in [-0.39, 0.29) is 31.2 Å². The van der Waals surface area contributed by atoms with E-state index in [9.17, 15) is 32.4 Å². The molecule has 5 amide bonds. The highest BCUT2D eigenvalue weighted by Gasteiger charge is 2.62. The van der Waals surface area contributed by atoms with E-state index < -0.39 is 86.1 Å². The van der Waals surface area contributed by atoms with Crippen molar-refractivity contribution in [2.45, 2.75) is 95.3 Å². The topological polar surface area (TPSA) is 203 Å². The van der Waals surface area contributed by atoms with Gasteiger partial charge in [-0.15, -0.1) is 6.58 Å². The SMILES string of the molecule is C=C[C@H]1C[C@@]1(NC(=O)[C@H]1C[C@@H](Oc2nccc3cc(OC)ccc23)CN1C(=O)[C@@H](NC(=O)N(C)[C@@H](C(=O)OC)C(C)C)C(C)(C)C)C(=O)NS(=O)(=O)C1CC1. The second-order valence-corrected chi connectivity index (χ2v) is 17.9. The van der Waals surface area contributed by atoms with E-state index in [0.29, 0.717) is 24.0 Å².